The number of aryl methyl sites for hydroxylation is 1. The van der Waals surface area contributed by atoms with Crippen LogP contribution in [0.2, 0.25) is 0 Å². The summed E-state index contributed by atoms with van der Waals surface area (Å²) in [6.45, 7) is 2.21. The van der Waals surface area contributed by atoms with Crippen LogP contribution in [-0.2, 0) is 16.0 Å². The molecule has 1 saturated heterocycles. The highest BCUT2D eigenvalue weighted by atomic mass is 16.4. The van der Waals surface area contributed by atoms with Crippen LogP contribution in [0.4, 0.5) is 0 Å². The van der Waals surface area contributed by atoms with E-state index in [0.717, 1.165) is 18.4 Å². The van der Waals surface area contributed by atoms with Gasteiger partial charge in [-0.25, -0.2) is 4.79 Å². The van der Waals surface area contributed by atoms with Crippen LogP contribution < -0.4 is 0 Å². The summed E-state index contributed by atoms with van der Waals surface area (Å²) in [5, 5.41) is 9.37. The van der Waals surface area contributed by atoms with Crippen molar-refractivity contribution in [1.82, 2.24) is 9.88 Å². The Balaban J connectivity index is 2.01. The number of nitrogens with one attached hydrogen (secondary N) is 1. The van der Waals surface area contributed by atoms with Gasteiger partial charge in [-0.3, -0.25) is 4.79 Å². The van der Waals surface area contributed by atoms with Crippen LogP contribution in [0, 0.1) is 0 Å². The Bertz CT molecular complexity index is 455. The Hall–Kier alpha value is -1.78. The molecule has 5 heteroatoms. The number of carbonyl (C=O) groups excluding carboxylic acids is 1. The summed E-state index contributed by atoms with van der Waals surface area (Å²) < 4.78 is 0. The molecule has 0 spiro atoms. The molecular weight excluding hydrogens is 244 g/mol. The maximum absolute atomic E-state index is 12.3. The summed E-state index contributed by atoms with van der Waals surface area (Å²) in [7, 11) is 0. The number of carbonyl (C=O) groups is 2. The number of hydrogen-bond donors (Lipinski definition) is 2. The van der Waals surface area contributed by atoms with Gasteiger partial charge in [-0.05, 0) is 44.2 Å². The number of carboxylic acids is 1. The van der Waals surface area contributed by atoms with E-state index in [1.54, 1.807) is 11.8 Å². The van der Waals surface area contributed by atoms with Gasteiger partial charge in [-0.15, -0.1) is 0 Å². The van der Waals surface area contributed by atoms with Crippen LogP contribution in [-0.4, -0.2) is 39.0 Å². The topological polar surface area (TPSA) is 73.4 Å². The van der Waals surface area contributed by atoms with Crippen molar-refractivity contribution in [2.75, 3.05) is 6.54 Å². The van der Waals surface area contributed by atoms with E-state index >= 15 is 0 Å². The quantitative estimate of drug-likeness (QED) is 0.871. The lowest BCUT2D eigenvalue weighted by molar-refractivity contribution is -0.160. The Morgan fingerprint density at radius 3 is 2.89 bits per heavy atom. The van der Waals surface area contributed by atoms with Crippen LogP contribution in [0.5, 0.6) is 0 Å². The molecule has 19 heavy (non-hydrogen) atoms. The van der Waals surface area contributed by atoms with Gasteiger partial charge in [-0.2, -0.15) is 0 Å². The van der Waals surface area contributed by atoms with Gasteiger partial charge in [0, 0.05) is 25.4 Å². The maximum atomic E-state index is 12.3. The third-order valence-electron chi connectivity index (χ3n) is 3.94. The van der Waals surface area contributed by atoms with E-state index in [4.69, 9.17) is 0 Å². The Labute approximate surface area is 112 Å². The molecule has 0 aliphatic carbocycles. The van der Waals surface area contributed by atoms with E-state index in [2.05, 4.69) is 4.98 Å². The molecule has 0 bridgehead atoms. The summed E-state index contributed by atoms with van der Waals surface area (Å²) in [4.78, 5) is 28.2. The van der Waals surface area contributed by atoms with Gasteiger partial charge in [0.15, 0.2) is 0 Å². The number of nitrogens with zero attached hydrogens (tertiary/aromatic N) is 1. The van der Waals surface area contributed by atoms with Gasteiger partial charge >= 0.3 is 5.97 Å². The predicted molar refractivity (Wildman–Crippen MR) is 70.7 cm³/mol. The summed E-state index contributed by atoms with van der Waals surface area (Å²) in [5.74, 6) is -0.965. The number of hydrogen-bond acceptors (Lipinski definition) is 2. The standard InChI is InChI=1S/C14H20N2O3/c1-14(13(18)19)7-2-3-9-16(14)12(17)5-4-11-6-8-15-10-11/h6,8,10,15H,2-5,7,9H2,1H3,(H,18,19). The average Bonchev–Trinajstić information content (AvgIpc) is 2.89. The van der Waals surface area contributed by atoms with Gasteiger partial charge in [-0.1, -0.05) is 0 Å². The summed E-state index contributed by atoms with van der Waals surface area (Å²) in [6, 6.07) is 1.93. The molecule has 1 unspecified atom stereocenters. The summed E-state index contributed by atoms with van der Waals surface area (Å²) in [6.07, 6.45) is 6.98. The number of rotatable bonds is 4. The molecule has 5 nitrogen and oxygen atoms in total. The number of likely N-dealkylation sites (tertiary alicyclic amines) is 1. The molecular formula is C14H20N2O3. The SMILES string of the molecule is CC1(C(=O)O)CCCCN1C(=O)CCc1cc[nH]c1. The molecule has 104 valence electrons. The molecule has 2 heterocycles. The van der Waals surface area contributed by atoms with Crippen molar-refractivity contribution in [3.8, 4) is 0 Å². The molecule has 1 atom stereocenters. The van der Waals surface area contributed by atoms with Crippen molar-refractivity contribution < 1.29 is 14.7 Å². The van der Waals surface area contributed by atoms with Crippen LogP contribution in [0.15, 0.2) is 18.5 Å². The van der Waals surface area contributed by atoms with Crippen LogP contribution >= 0.6 is 0 Å². The molecule has 1 aliphatic rings. The summed E-state index contributed by atoms with van der Waals surface area (Å²) >= 11 is 0. The molecule has 1 amide bonds. The molecule has 1 aromatic rings. The highest BCUT2D eigenvalue weighted by Crippen LogP contribution is 2.29. The highest BCUT2D eigenvalue weighted by Gasteiger charge is 2.43. The molecule has 1 aromatic heterocycles. The Kier molecular flexibility index (Phi) is 3.93. The minimum absolute atomic E-state index is 0.0641. The number of amides is 1. The molecule has 1 aliphatic heterocycles. The number of aromatic amines is 1. The van der Waals surface area contributed by atoms with E-state index in [1.807, 2.05) is 18.5 Å². The van der Waals surface area contributed by atoms with Gasteiger partial charge in [0.1, 0.15) is 5.54 Å². The van der Waals surface area contributed by atoms with Crippen LogP contribution in [0.1, 0.15) is 38.2 Å². The zero-order valence-corrected chi connectivity index (χ0v) is 11.2. The smallest absolute Gasteiger partial charge is 0.329 e. The zero-order valence-electron chi connectivity index (χ0n) is 11.2. The van der Waals surface area contributed by atoms with E-state index in [0.29, 0.717) is 25.8 Å². The molecule has 2 N–H and O–H groups in total. The summed E-state index contributed by atoms with van der Waals surface area (Å²) in [5.41, 5.74) is 0.0374. The van der Waals surface area contributed by atoms with E-state index in [1.165, 1.54) is 0 Å². The van der Waals surface area contributed by atoms with Gasteiger partial charge in [0.2, 0.25) is 5.91 Å². The van der Waals surface area contributed by atoms with Crippen molar-refractivity contribution in [3.05, 3.63) is 24.0 Å². The second kappa shape index (κ2) is 5.47. The lowest BCUT2D eigenvalue weighted by Crippen LogP contribution is -2.57. The average molecular weight is 264 g/mol. The van der Waals surface area contributed by atoms with Crippen molar-refractivity contribution in [3.63, 3.8) is 0 Å². The third-order valence-corrected chi connectivity index (χ3v) is 3.94. The highest BCUT2D eigenvalue weighted by molar-refractivity contribution is 5.87. The molecule has 0 radical (unpaired) electrons. The lowest BCUT2D eigenvalue weighted by Gasteiger charge is -2.41. The predicted octanol–water partition coefficient (Wildman–Crippen LogP) is 1.80. The molecule has 2 rings (SSSR count). The number of piperidine rings is 1. The first-order valence-electron chi connectivity index (χ1n) is 6.69. The molecule has 1 fully saturated rings. The number of carboxylic acid groups (broad SMARTS) is 1. The van der Waals surface area contributed by atoms with Crippen molar-refractivity contribution >= 4 is 11.9 Å². The van der Waals surface area contributed by atoms with Crippen LogP contribution in [0.25, 0.3) is 0 Å². The second-order valence-corrected chi connectivity index (χ2v) is 5.30. The Morgan fingerprint density at radius 2 is 2.26 bits per heavy atom. The first-order chi connectivity index (χ1) is 9.04. The molecule has 0 saturated carbocycles. The van der Waals surface area contributed by atoms with E-state index < -0.39 is 11.5 Å². The molecule has 0 aromatic carbocycles. The normalized spacial score (nSPS) is 23.3. The van der Waals surface area contributed by atoms with Crippen molar-refractivity contribution in [1.29, 1.82) is 0 Å². The first kappa shape index (κ1) is 13.6. The fourth-order valence-electron chi connectivity index (χ4n) is 2.64. The Morgan fingerprint density at radius 1 is 1.47 bits per heavy atom. The van der Waals surface area contributed by atoms with Crippen molar-refractivity contribution in [2.45, 2.75) is 44.6 Å². The minimum Gasteiger partial charge on any atom is -0.480 e. The van der Waals surface area contributed by atoms with E-state index in [9.17, 15) is 14.7 Å². The van der Waals surface area contributed by atoms with E-state index in [-0.39, 0.29) is 5.91 Å². The van der Waals surface area contributed by atoms with Crippen LogP contribution in [0.3, 0.4) is 0 Å². The van der Waals surface area contributed by atoms with Gasteiger partial charge < -0.3 is 15.0 Å². The number of H-pyrrole nitrogens is 1. The number of aromatic nitrogens is 1. The lowest BCUT2D eigenvalue weighted by atomic mass is 9.88. The zero-order chi connectivity index (χ0) is 13.9. The van der Waals surface area contributed by atoms with Gasteiger partial charge in [0.05, 0.1) is 0 Å². The second-order valence-electron chi connectivity index (χ2n) is 5.30. The minimum atomic E-state index is -1.03. The fourth-order valence-corrected chi connectivity index (χ4v) is 2.64. The van der Waals surface area contributed by atoms with Gasteiger partial charge in [0.25, 0.3) is 0 Å². The monoisotopic (exact) mass is 264 g/mol. The number of aliphatic carboxylic acids is 1. The maximum Gasteiger partial charge on any atom is 0.329 e. The first-order valence-corrected chi connectivity index (χ1v) is 6.69. The fraction of sp³-hybridized carbons (Fsp3) is 0.571. The van der Waals surface area contributed by atoms with Crippen molar-refractivity contribution in [2.24, 2.45) is 0 Å². The third kappa shape index (κ3) is 2.80. The largest absolute Gasteiger partial charge is 0.480 e.